The van der Waals surface area contributed by atoms with Crippen molar-refractivity contribution < 1.29 is 0 Å². The molecule has 0 radical (unpaired) electrons. The van der Waals surface area contributed by atoms with Crippen LogP contribution in [-0.4, -0.2) is 13.0 Å². The summed E-state index contributed by atoms with van der Waals surface area (Å²) in [5.74, 6) is 1.03. The first-order valence-electron chi connectivity index (χ1n) is 9.79. The molecule has 1 atom stereocenters. The summed E-state index contributed by atoms with van der Waals surface area (Å²) in [4.78, 5) is 6.70. The summed E-state index contributed by atoms with van der Waals surface area (Å²) in [5, 5.41) is 2.66. The van der Waals surface area contributed by atoms with Crippen LogP contribution in [0.1, 0.15) is 42.9 Å². The number of nitrogens with two attached hydrogens (primary N) is 1. The van der Waals surface area contributed by atoms with E-state index in [1.807, 2.05) is 18.0 Å². The molecule has 4 rings (SSSR count). The lowest BCUT2D eigenvalue weighted by Gasteiger charge is -2.21. The standard InChI is InChI=1S/C24H27N3/c1-4-16(2)19-8-5-9-20(15-19)26-24(25)27(3)22-14-13-18-12-11-17-7-6-10-21(22)23(17)18/h5-10,13-16H,4,11-12H2,1-3H3,(H2,25,26). The molecule has 27 heavy (non-hydrogen) atoms. The molecule has 0 saturated heterocycles. The zero-order chi connectivity index (χ0) is 19.0. The molecule has 1 unspecified atom stereocenters. The number of aliphatic imine (C=N–C) groups is 1. The third kappa shape index (κ3) is 3.18. The molecule has 0 amide bonds. The Morgan fingerprint density at radius 1 is 1.07 bits per heavy atom. The van der Waals surface area contributed by atoms with Crippen molar-refractivity contribution in [3.05, 3.63) is 71.3 Å². The monoisotopic (exact) mass is 357 g/mol. The molecule has 3 aromatic rings. The van der Waals surface area contributed by atoms with Crippen molar-refractivity contribution in [1.82, 2.24) is 0 Å². The van der Waals surface area contributed by atoms with Crippen LogP contribution in [0.2, 0.25) is 0 Å². The molecule has 1 aliphatic carbocycles. The van der Waals surface area contributed by atoms with E-state index >= 15 is 0 Å². The van der Waals surface area contributed by atoms with Gasteiger partial charge in [-0.2, -0.15) is 0 Å². The lowest BCUT2D eigenvalue weighted by molar-refractivity contribution is 0.734. The number of benzene rings is 3. The Morgan fingerprint density at radius 2 is 1.81 bits per heavy atom. The highest BCUT2D eigenvalue weighted by atomic mass is 15.2. The normalized spacial score (nSPS) is 14.6. The van der Waals surface area contributed by atoms with Gasteiger partial charge < -0.3 is 10.6 Å². The average molecular weight is 358 g/mol. The van der Waals surface area contributed by atoms with Gasteiger partial charge in [-0.1, -0.05) is 50.2 Å². The maximum absolute atomic E-state index is 6.40. The predicted octanol–water partition coefficient (Wildman–Crippen LogP) is 5.53. The summed E-state index contributed by atoms with van der Waals surface area (Å²) in [7, 11) is 2.00. The van der Waals surface area contributed by atoms with E-state index in [0.717, 1.165) is 30.6 Å². The molecule has 0 spiro atoms. The molecule has 0 bridgehead atoms. The van der Waals surface area contributed by atoms with Crippen LogP contribution >= 0.6 is 0 Å². The van der Waals surface area contributed by atoms with Crippen LogP contribution in [0.5, 0.6) is 0 Å². The second-order valence-electron chi connectivity index (χ2n) is 7.52. The summed E-state index contributed by atoms with van der Waals surface area (Å²) < 4.78 is 0. The predicted molar refractivity (Wildman–Crippen MR) is 116 cm³/mol. The smallest absolute Gasteiger partial charge is 0.200 e. The number of hydrogen-bond donors (Lipinski definition) is 1. The topological polar surface area (TPSA) is 41.6 Å². The minimum Gasteiger partial charge on any atom is -0.369 e. The molecule has 1 aliphatic rings. The molecular formula is C24H27N3. The second kappa shape index (κ2) is 7.07. The first-order chi connectivity index (χ1) is 13.1. The third-order valence-corrected chi connectivity index (χ3v) is 5.85. The van der Waals surface area contributed by atoms with Gasteiger partial charge in [0.1, 0.15) is 0 Å². The third-order valence-electron chi connectivity index (χ3n) is 5.85. The zero-order valence-corrected chi connectivity index (χ0v) is 16.4. The Hall–Kier alpha value is -2.81. The lowest BCUT2D eigenvalue weighted by Crippen LogP contribution is -2.33. The van der Waals surface area contributed by atoms with Gasteiger partial charge in [-0.05, 0) is 65.5 Å². The van der Waals surface area contributed by atoms with E-state index in [0.29, 0.717) is 11.9 Å². The van der Waals surface area contributed by atoms with Crippen molar-refractivity contribution >= 4 is 28.1 Å². The van der Waals surface area contributed by atoms with Crippen molar-refractivity contribution in [2.75, 3.05) is 11.9 Å². The Morgan fingerprint density at radius 3 is 2.59 bits per heavy atom. The number of hydrogen-bond acceptors (Lipinski definition) is 1. The van der Waals surface area contributed by atoms with Gasteiger partial charge in [-0.15, -0.1) is 0 Å². The van der Waals surface area contributed by atoms with Crippen molar-refractivity contribution in [3.63, 3.8) is 0 Å². The molecule has 3 aromatic carbocycles. The zero-order valence-electron chi connectivity index (χ0n) is 16.4. The summed E-state index contributed by atoms with van der Waals surface area (Å²) in [5.41, 5.74) is 12.6. The fourth-order valence-electron chi connectivity index (χ4n) is 3.99. The van der Waals surface area contributed by atoms with E-state index in [4.69, 9.17) is 10.7 Å². The number of anilines is 1. The first kappa shape index (κ1) is 17.6. The maximum atomic E-state index is 6.40. The SMILES string of the molecule is CCC(C)c1cccc(N=C(N)N(C)c2ccc3c4c(cccc24)CC3)c1. The van der Waals surface area contributed by atoms with Gasteiger partial charge in [0.2, 0.25) is 5.96 Å². The van der Waals surface area contributed by atoms with Crippen LogP contribution < -0.4 is 10.6 Å². The fourth-order valence-corrected chi connectivity index (χ4v) is 3.99. The van der Waals surface area contributed by atoms with E-state index in [-0.39, 0.29) is 0 Å². The summed E-state index contributed by atoms with van der Waals surface area (Å²) in [6.45, 7) is 4.45. The average Bonchev–Trinajstić information content (AvgIpc) is 3.12. The number of rotatable bonds is 4. The van der Waals surface area contributed by atoms with E-state index in [9.17, 15) is 0 Å². The van der Waals surface area contributed by atoms with E-state index in [1.54, 1.807) is 0 Å². The van der Waals surface area contributed by atoms with Crippen molar-refractivity contribution in [3.8, 4) is 0 Å². The van der Waals surface area contributed by atoms with Gasteiger partial charge in [0.25, 0.3) is 0 Å². The van der Waals surface area contributed by atoms with Crippen molar-refractivity contribution in [1.29, 1.82) is 0 Å². The molecule has 0 aliphatic heterocycles. The van der Waals surface area contributed by atoms with Gasteiger partial charge in [0.15, 0.2) is 0 Å². The molecule has 3 heteroatoms. The first-order valence-corrected chi connectivity index (χ1v) is 9.79. The van der Waals surface area contributed by atoms with Gasteiger partial charge in [-0.3, -0.25) is 0 Å². The molecule has 2 N–H and O–H groups in total. The van der Waals surface area contributed by atoms with Crippen LogP contribution in [0.25, 0.3) is 10.8 Å². The van der Waals surface area contributed by atoms with Crippen LogP contribution in [0.15, 0.2) is 59.6 Å². The molecule has 0 heterocycles. The Balaban J connectivity index is 1.70. The van der Waals surface area contributed by atoms with Gasteiger partial charge >= 0.3 is 0 Å². The molecule has 0 aromatic heterocycles. The highest BCUT2D eigenvalue weighted by molar-refractivity contribution is 6.07. The van der Waals surface area contributed by atoms with Gasteiger partial charge in [0.05, 0.1) is 11.4 Å². The van der Waals surface area contributed by atoms with E-state index in [1.165, 1.54) is 27.5 Å². The van der Waals surface area contributed by atoms with Crippen molar-refractivity contribution in [2.24, 2.45) is 10.7 Å². The molecule has 138 valence electrons. The summed E-state index contributed by atoms with van der Waals surface area (Å²) in [6, 6.07) is 19.4. The lowest BCUT2D eigenvalue weighted by atomic mass is 9.98. The summed E-state index contributed by atoms with van der Waals surface area (Å²) >= 11 is 0. The summed E-state index contributed by atoms with van der Waals surface area (Å²) in [6.07, 6.45) is 3.38. The van der Waals surface area contributed by atoms with Crippen LogP contribution in [0.4, 0.5) is 11.4 Å². The highest BCUT2D eigenvalue weighted by Crippen LogP contribution is 2.36. The Bertz CT molecular complexity index is 1010. The molecular weight excluding hydrogens is 330 g/mol. The largest absolute Gasteiger partial charge is 0.369 e. The Labute approximate surface area is 161 Å². The molecule has 3 nitrogen and oxygen atoms in total. The quantitative estimate of drug-likeness (QED) is 0.492. The van der Waals surface area contributed by atoms with Crippen molar-refractivity contribution in [2.45, 2.75) is 39.0 Å². The maximum Gasteiger partial charge on any atom is 0.200 e. The van der Waals surface area contributed by atoms with Crippen LogP contribution in [0, 0.1) is 0 Å². The minimum atomic E-state index is 0.509. The van der Waals surface area contributed by atoms with Crippen LogP contribution in [0.3, 0.4) is 0 Å². The molecule has 0 fully saturated rings. The number of aryl methyl sites for hydroxylation is 2. The van der Waals surface area contributed by atoms with Crippen LogP contribution in [-0.2, 0) is 12.8 Å². The number of nitrogens with zero attached hydrogens (tertiary/aromatic N) is 2. The Kier molecular flexibility index (Phi) is 4.61. The van der Waals surface area contributed by atoms with Gasteiger partial charge in [0, 0.05) is 12.4 Å². The van der Waals surface area contributed by atoms with E-state index < -0.39 is 0 Å². The molecule has 0 saturated carbocycles. The highest BCUT2D eigenvalue weighted by Gasteiger charge is 2.18. The second-order valence-corrected chi connectivity index (χ2v) is 7.52. The van der Waals surface area contributed by atoms with Gasteiger partial charge in [-0.25, -0.2) is 4.99 Å². The number of guanidine groups is 1. The minimum absolute atomic E-state index is 0.509. The van der Waals surface area contributed by atoms with E-state index in [2.05, 4.69) is 62.4 Å². The fraction of sp³-hybridized carbons (Fsp3) is 0.292.